The molecule has 2 heteroatoms. The largest absolute Gasteiger partial charge is 0.455 e. The van der Waals surface area contributed by atoms with Crippen LogP contribution in [0.4, 0.5) is 5.69 Å². The van der Waals surface area contributed by atoms with Gasteiger partial charge in [-0.1, -0.05) is 18.2 Å². The van der Waals surface area contributed by atoms with Gasteiger partial charge in [0, 0.05) is 0 Å². The standard InChI is InChI=1S/C15H17NO/c1-10-7-11(2)9-13(8-10)17-15-12(3)5-4-6-14(15)16/h4-9H,16H2,1-3H3. The van der Waals surface area contributed by atoms with Gasteiger partial charge in [0.05, 0.1) is 5.69 Å². The van der Waals surface area contributed by atoms with Crippen LogP contribution >= 0.6 is 0 Å². The first kappa shape index (κ1) is 11.5. The Labute approximate surface area is 102 Å². The van der Waals surface area contributed by atoms with Crippen molar-refractivity contribution in [2.24, 2.45) is 0 Å². The molecule has 0 amide bonds. The number of para-hydroxylation sites is 1. The lowest BCUT2D eigenvalue weighted by atomic mass is 10.1. The molecule has 2 aromatic carbocycles. The lowest BCUT2D eigenvalue weighted by Crippen LogP contribution is -1.95. The number of rotatable bonds is 2. The highest BCUT2D eigenvalue weighted by Crippen LogP contribution is 2.31. The summed E-state index contributed by atoms with van der Waals surface area (Å²) in [6.45, 7) is 6.11. The van der Waals surface area contributed by atoms with Gasteiger partial charge in [-0.3, -0.25) is 0 Å². The van der Waals surface area contributed by atoms with Gasteiger partial charge in [0.15, 0.2) is 5.75 Å². The summed E-state index contributed by atoms with van der Waals surface area (Å²) < 4.78 is 5.88. The van der Waals surface area contributed by atoms with Crippen molar-refractivity contribution in [1.29, 1.82) is 0 Å². The number of nitrogen functional groups attached to an aromatic ring is 1. The summed E-state index contributed by atoms with van der Waals surface area (Å²) in [6.07, 6.45) is 0. The minimum absolute atomic E-state index is 0.671. The Kier molecular flexibility index (Phi) is 3.05. The summed E-state index contributed by atoms with van der Waals surface area (Å²) in [7, 11) is 0. The molecule has 0 radical (unpaired) electrons. The molecular weight excluding hydrogens is 210 g/mol. The molecule has 0 fully saturated rings. The third kappa shape index (κ3) is 2.59. The van der Waals surface area contributed by atoms with E-state index in [1.165, 1.54) is 11.1 Å². The van der Waals surface area contributed by atoms with Gasteiger partial charge >= 0.3 is 0 Å². The molecule has 0 atom stereocenters. The number of hydrogen-bond acceptors (Lipinski definition) is 2. The van der Waals surface area contributed by atoms with Crippen LogP contribution in [-0.4, -0.2) is 0 Å². The minimum atomic E-state index is 0.671. The summed E-state index contributed by atoms with van der Waals surface area (Å²) in [4.78, 5) is 0. The van der Waals surface area contributed by atoms with Gasteiger partial charge in [0.25, 0.3) is 0 Å². The van der Waals surface area contributed by atoms with E-state index < -0.39 is 0 Å². The molecule has 0 saturated heterocycles. The number of nitrogens with two attached hydrogens (primary N) is 1. The van der Waals surface area contributed by atoms with E-state index in [1.54, 1.807) is 0 Å². The second-order valence-corrected chi connectivity index (χ2v) is 4.42. The fraction of sp³-hybridized carbons (Fsp3) is 0.200. The van der Waals surface area contributed by atoms with Crippen molar-refractivity contribution in [3.05, 3.63) is 53.1 Å². The molecule has 2 rings (SSSR count). The summed E-state index contributed by atoms with van der Waals surface area (Å²) in [5.41, 5.74) is 10.0. The van der Waals surface area contributed by atoms with E-state index in [1.807, 2.05) is 37.3 Å². The molecule has 2 nitrogen and oxygen atoms in total. The molecule has 0 bridgehead atoms. The van der Waals surface area contributed by atoms with Crippen LogP contribution in [0.15, 0.2) is 36.4 Å². The van der Waals surface area contributed by atoms with Gasteiger partial charge in [-0.25, -0.2) is 0 Å². The second-order valence-electron chi connectivity index (χ2n) is 4.42. The van der Waals surface area contributed by atoms with Crippen LogP contribution in [0.1, 0.15) is 16.7 Å². The summed E-state index contributed by atoms with van der Waals surface area (Å²) in [5, 5.41) is 0. The Bertz CT molecular complexity index is 506. The van der Waals surface area contributed by atoms with Gasteiger partial charge in [-0.2, -0.15) is 0 Å². The third-order valence-electron chi connectivity index (χ3n) is 2.66. The molecule has 0 spiro atoms. The highest BCUT2D eigenvalue weighted by Gasteiger charge is 2.06. The first-order chi connectivity index (χ1) is 8.06. The molecule has 0 aliphatic carbocycles. The van der Waals surface area contributed by atoms with E-state index in [2.05, 4.69) is 19.9 Å². The number of aryl methyl sites for hydroxylation is 3. The van der Waals surface area contributed by atoms with Crippen molar-refractivity contribution in [2.75, 3.05) is 5.73 Å². The maximum Gasteiger partial charge on any atom is 0.153 e. The molecule has 0 saturated carbocycles. The van der Waals surface area contributed by atoms with Crippen molar-refractivity contribution in [3.8, 4) is 11.5 Å². The zero-order chi connectivity index (χ0) is 12.4. The Morgan fingerprint density at radius 1 is 0.941 bits per heavy atom. The number of benzene rings is 2. The molecule has 0 aromatic heterocycles. The average molecular weight is 227 g/mol. The van der Waals surface area contributed by atoms with Crippen molar-refractivity contribution in [2.45, 2.75) is 20.8 Å². The van der Waals surface area contributed by atoms with Crippen LogP contribution in [0.3, 0.4) is 0 Å². The maximum atomic E-state index is 5.92. The van der Waals surface area contributed by atoms with Gasteiger partial charge in [0.1, 0.15) is 5.75 Å². The van der Waals surface area contributed by atoms with Gasteiger partial charge in [-0.05, 0) is 55.7 Å². The van der Waals surface area contributed by atoms with E-state index in [-0.39, 0.29) is 0 Å². The molecule has 17 heavy (non-hydrogen) atoms. The minimum Gasteiger partial charge on any atom is -0.455 e. The number of ether oxygens (including phenoxy) is 1. The molecule has 88 valence electrons. The van der Waals surface area contributed by atoms with Gasteiger partial charge in [-0.15, -0.1) is 0 Å². The molecule has 0 unspecified atom stereocenters. The Morgan fingerprint density at radius 2 is 1.59 bits per heavy atom. The van der Waals surface area contributed by atoms with Crippen molar-refractivity contribution in [1.82, 2.24) is 0 Å². The molecule has 0 aliphatic heterocycles. The first-order valence-corrected chi connectivity index (χ1v) is 5.67. The molecule has 2 N–H and O–H groups in total. The van der Waals surface area contributed by atoms with Crippen molar-refractivity contribution < 1.29 is 4.74 Å². The van der Waals surface area contributed by atoms with Crippen molar-refractivity contribution >= 4 is 5.69 Å². The molecule has 0 heterocycles. The van der Waals surface area contributed by atoms with Gasteiger partial charge < -0.3 is 10.5 Å². The van der Waals surface area contributed by atoms with Crippen LogP contribution in [-0.2, 0) is 0 Å². The third-order valence-corrected chi connectivity index (χ3v) is 2.66. The average Bonchev–Trinajstić information content (AvgIpc) is 2.22. The maximum absolute atomic E-state index is 5.92. The number of anilines is 1. The van der Waals surface area contributed by atoms with Crippen LogP contribution in [0.2, 0.25) is 0 Å². The predicted octanol–water partition coefficient (Wildman–Crippen LogP) is 3.99. The van der Waals surface area contributed by atoms with E-state index >= 15 is 0 Å². The monoisotopic (exact) mass is 227 g/mol. The van der Waals surface area contributed by atoms with Crippen LogP contribution < -0.4 is 10.5 Å². The summed E-state index contributed by atoms with van der Waals surface area (Å²) in [6, 6.07) is 11.9. The van der Waals surface area contributed by atoms with Crippen LogP contribution in [0, 0.1) is 20.8 Å². The van der Waals surface area contributed by atoms with Gasteiger partial charge in [0.2, 0.25) is 0 Å². The zero-order valence-corrected chi connectivity index (χ0v) is 10.4. The summed E-state index contributed by atoms with van der Waals surface area (Å²) >= 11 is 0. The van der Waals surface area contributed by atoms with E-state index in [0.717, 1.165) is 17.1 Å². The molecule has 0 aliphatic rings. The topological polar surface area (TPSA) is 35.2 Å². The van der Waals surface area contributed by atoms with Crippen molar-refractivity contribution in [3.63, 3.8) is 0 Å². The number of hydrogen-bond donors (Lipinski definition) is 1. The molecule has 2 aromatic rings. The lowest BCUT2D eigenvalue weighted by molar-refractivity contribution is 0.480. The highest BCUT2D eigenvalue weighted by molar-refractivity contribution is 5.58. The van der Waals surface area contributed by atoms with E-state index in [0.29, 0.717) is 5.69 Å². The van der Waals surface area contributed by atoms with Crippen LogP contribution in [0.5, 0.6) is 11.5 Å². The quantitative estimate of drug-likeness (QED) is 0.787. The zero-order valence-electron chi connectivity index (χ0n) is 10.4. The van der Waals surface area contributed by atoms with E-state index in [9.17, 15) is 0 Å². The Hall–Kier alpha value is -1.96. The van der Waals surface area contributed by atoms with Crippen LogP contribution in [0.25, 0.3) is 0 Å². The normalized spacial score (nSPS) is 10.3. The fourth-order valence-electron chi connectivity index (χ4n) is 1.92. The smallest absolute Gasteiger partial charge is 0.153 e. The van der Waals surface area contributed by atoms with E-state index in [4.69, 9.17) is 10.5 Å². The summed E-state index contributed by atoms with van der Waals surface area (Å²) in [5.74, 6) is 1.58. The predicted molar refractivity (Wildman–Crippen MR) is 71.6 cm³/mol. The highest BCUT2D eigenvalue weighted by atomic mass is 16.5. The Balaban J connectivity index is 2.38. The lowest BCUT2D eigenvalue weighted by Gasteiger charge is -2.12. The Morgan fingerprint density at radius 3 is 2.18 bits per heavy atom. The first-order valence-electron chi connectivity index (χ1n) is 5.67. The molecular formula is C15H17NO. The SMILES string of the molecule is Cc1cc(C)cc(Oc2c(C)cccc2N)c1. The fourth-order valence-corrected chi connectivity index (χ4v) is 1.92. The second kappa shape index (κ2) is 4.50.